The van der Waals surface area contributed by atoms with E-state index in [2.05, 4.69) is 25.2 Å². The number of nitrogen functional groups attached to an aromatic ring is 1. The molecule has 0 spiro atoms. The number of hydrogen-bond donors (Lipinski definition) is 2. The van der Waals surface area contributed by atoms with Crippen LogP contribution in [0.1, 0.15) is 0 Å². The van der Waals surface area contributed by atoms with Crippen LogP contribution >= 0.6 is 0 Å². The summed E-state index contributed by atoms with van der Waals surface area (Å²) in [6.45, 7) is 1.86. The van der Waals surface area contributed by atoms with Crippen LogP contribution in [0.2, 0.25) is 0 Å². The van der Waals surface area contributed by atoms with Crippen LogP contribution in [0.3, 0.4) is 0 Å². The van der Waals surface area contributed by atoms with E-state index in [4.69, 9.17) is 5.73 Å². The predicted octanol–water partition coefficient (Wildman–Crippen LogP) is -1.14. The molecule has 70 valence electrons. The molecule has 0 saturated carbocycles. The van der Waals surface area contributed by atoms with Gasteiger partial charge in [0.25, 0.3) is 0 Å². The van der Waals surface area contributed by atoms with E-state index in [0.29, 0.717) is 12.0 Å². The van der Waals surface area contributed by atoms with Gasteiger partial charge >= 0.3 is 0 Å². The maximum atomic E-state index is 5.44. The fraction of sp³-hybridized carbons (Fsp3) is 0.571. The van der Waals surface area contributed by atoms with E-state index in [1.807, 2.05) is 7.05 Å². The van der Waals surface area contributed by atoms with Crippen molar-refractivity contribution in [1.29, 1.82) is 0 Å². The van der Waals surface area contributed by atoms with E-state index in [0.717, 1.165) is 13.1 Å². The van der Waals surface area contributed by atoms with Gasteiger partial charge in [0.05, 0.1) is 0 Å². The molecule has 3 N–H and O–H groups in total. The smallest absolute Gasteiger partial charge is 0.230 e. The summed E-state index contributed by atoms with van der Waals surface area (Å²) in [6, 6.07) is 0.540. The van der Waals surface area contributed by atoms with Gasteiger partial charge in [0, 0.05) is 19.1 Å². The van der Waals surface area contributed by atoms with Gasteiger partial charge in [-0.2, -0.15) is 4.98 Å². The summed E-state index contributed by atoms with van der Waals surface area (Å²) >= 11 is 0. The quantitative estimate of drug-likeness (QED) is 0.599. The predicted molar refractivity (Wildman–Crippen MR) is 49.3 cm³/mol. The van der Waals surface area contributed by atoms with Crippen LogP contribution in [0.25, 0.3) is 0 Å². The first kappa shape index (κ1) is 8.18. The molecule has 1 aliphatic heterocycles. The van der Waals surface area contributed by atoms with Crippen LogP contribution in [0.15, 0.2) is 6.33 Å². The van der Waals surface area contributed by atoms with Gasteiger partial charge in [0.1, 0.15) is 6.33 Å². The molecule has 6 heteroatoms. The zero-order chi connectivity index (χ0) is 9.26. The first-order chi connectivity index (χ1) is 6.29. The second-order valence-corrected chi connectivity index (χ2v) is 3.03. The average Bonchev–Trinajstić information content (AvgIpc) is 2.02. The lowest BCUT2D eigenvalue weighted by Gasteiger charge is -2.38. The molecule has 2 heterocycles. The Kier molecular flexibility index (Phi) is 1.97. The van der Waals surface area contributed by atoms with Gasteiger partial charge in [-0.1, -0.05) is 0 Å². The van der Waals surface area contributed by atoms with Crippen LogP contribution in [0, 0.1) is 0 Å². The molecule has 0 atom stereocenters. The van der Waals surface area contributed by atoms with Crippen LogP contribution in [-0.2, 0) is 0 Å². The number of hydrogen-bond acceptors (Lipinski definition) is 6. The topological polar surface area (TPSA) is 80.0 Å². The standard InChI is InChI=1S/C7H12N6/c1-9-5-2-13(3-5)7-11-4-10-6(8)12-7/h4-5,9H,2-3H2,1H3,(H2,8,10,11,12). The average molecular weight is 180 g/mol. The normalized spacial score (nSPS) is 17.2. The number of rotatable bonds is 2. The third kappa shape index (κ3) is 1.52. The molecule has 0 aromatic carbocycles. The SMILES string of the molecule is CNC1CN(c2ncnc(N)n2)C1. The molecule has 1 aliphatic rings. The minimum absolute atomic E-state index is 0.276. The Labute approximate surface area is 76.2 Å². The van der Waals surface area contributed by atoms with Crippen molar-refractivity contribution in [3.63, 3.8) is 0 Å². The Bertz CT molecular complexity index is 295. The Morgan fingerprint density at radius 1 is 1.54 bits per heavy atom. The summed E-state index contributed by atoms with van der Waals surface area (Å²) in [6.07, 6.45) is 1.43. The molecule has 1 aromatic heterocycles. The minimum atomic E-state index is 0.276. The zero-order valence-electron chi connectivity index (χ0n) is 7.44. The number of anilines is 2. The van der Waals surface area contributed by atoms with E-state index < -0.39 is 0 Å². The first-order valence-corrected chi connectivity index (χ1v) is 4.16. The number of nitrogens with zero attached hydrogens (tertiary/aromatic N) is 4. The Hall–Kier alpha value is -1.43. The molecule has 2 rings (SSSR count). The van der Waals surface area contributed by atoms with Crippen molar-refractivity contribution in [2.45, 2.75) is 6.04 Å². The maximum absolute atomic E-state index is 5.44. The Balaban J connectivity index is 2.03. The summed E-state index contributed by atoms with van der Waals surface area (Å²) in [7, 11) is 1.95. The second kappa shape index (κ2) is 3.14. The highest BCUT2D eigenvalue weighted by atomic mass is 15.3. The zero-order valence-corrected chi connectivity index (χ0v) is 7.44. The van der Waals surface area contributed by atoms with E-state index in [1.165, 1.54) is 6.33 Å². The third-order valence-corrected chi connectivity index (χ3v) is 2.15. The van der Waals surface area contributed by atoms with Crippen molar-refractivity contribution in [1.82, 2.24) is 20.3 Å². The molecule has 1 aromatic rings. The van der Waals surface area contributed by atoms with Gasteiger partial charge in [0.2, 0.25) is 11.9 Å². The monoisotopic (exact) mass is 180 g/mol. The summed E-state index contributed by atoms with van der Waals surface area (Å²) in [5.74, 6) is 0.942. The Morgan fingerprint density at radius 3 is 2.92 bits per heavy atom. The van der Waals surface area contributed by atoms with Gasteiger partial charge in [-0.25, -0.2) is 9.97 Å². The summed E-state index contributed by atoms with van der Waals surface area (Å²) in [5.41, 5.74) is 5.44. The van der Waals surface area contributed by atoms with Gasteiger partial charge in [0.15, 0.2) is 0 Å². The fourth-order valence-corrected chi connectivity index (χ4v) is 1.28. The van der Waals surface area contributed by atoms with Crippen molar-refractivity contribution in [2.75, 3.05) is 30.8 Å². The van der Waals surface area contributed by atoms with Crippen LogP contribution in [-0.4, -0.2) is 41.1 Å². The number of likely N-dealkylation sites (N-methyl/N-ethyl adjacent to an activating group) is 1. The second-order valence-electron chi connectivity index (χ2n) is 3.03. The fourth-order valence-electron chi connectivity index (χ4n) is 1.28. The highest BCUT2D eigenvalue weighted by molar-refractivity contribution is 5.37. The molecule has 1 saturated heterocycles. The van der Waals surface area contributed by atoms with Gasteiger partial charge in [-0.3, -0.25) is 0 Å². The first-order valence-electron chi connectivity index (χ1n) is 4.16. The van der Waals surface area contributed by atoms with Crippen molar-refractivity contribution in [3.8, 4) is 0 Å². The van der Waals surface area contributed by atoms with Crippen LogP contribution < -0.4 is 16.0 Å². The molecule has 0 unspecified atom stereocenters. The van der Waals surface area contributed by atoms with Crippen molar-refractivity contribution < 1.29 is 0 Å². The Morgan fingerprint density at radius 2 is 2.31 bits per heavy atom. The lowest BCUT2D eigenvalue weighted by Crippen LogP contribution is -2.57. The van der Waals surface area contributed by atoms with Crippen molar-refractivity contribution in [2.24, 2.45) is 0 Å². The molecule has 0 aliphatic carbocycles. The molecule has 0 amide bonds. The van der Waals surface area contributed by atoms with Gasteiger partial charge < -0.3 is 16.0 Å². The number of nitrogens with two attached hydrogens (primary N) is 1. The van der Waals surface area contributed by atoms with E-state index in [9.17, 15) is 0 Å². The van der Waals surface area contributed by atoms with E-state index in [-0.39, 0.29) is 5.95 Å². The van der Waals surface area contributed by atoms with Crippen molar-refractivity contribution in [3.05, 3.63) is 6.33 Å². The number of aromatic nitrogens is 3. The highest BCUT2D eigenvalue weighted by Crippen LogP contribution is 2.15. The van der Waals surface area contributed by atoms with Crippen LogP contribution in [0.5, 0.6) is 0 Å². The summed E-state index contributed by atoms with van der Waals surface area (Å²) < 4.78 is 0. The molecular formula is C7H12N6. The molecule has 0 bridgehead atoms. The van der Waals surface area contributed by atoms with Crippen LogP contribution in [0.4, 0.5) is 11.9 Å². The largest absolute Gasteiger partial charge is 0.368 e. The van der Waals surface area contributed by atoms with E-state index in [1.54, 1.807) is 0 Å². The molecular weight excluding hydrogens is 168 g/mol. The lowest BCUT2D eigenvalue weighted by atomic mass is 10.1. The van der Waals surface area contributed by atoms with Crippen molar-refractivity contribution >= 4 is 11.9 Å². The maximum Gasteiger partial charge on any atom is 0.230 e. The molecule has 1 fully saturated rings. The molecule has 6 nitrogen and oxygen atoms in total. The lowest BCUT2D eigenvalue weighted by molar-refractivity contribution is 0.443. The summed E-state index contributed by atoms with van der Waals surface area (Å²) in [4.78, 5) is 13.8. The number of nitrogens with one attached hydrogen (secondary N) is 1. The van der Waals surface area contributed by atoms with Gasteiger partial charge in [-0.05, 0) is 7.05 Å². The molecule has 0 radical (unpaired) electrons. The highest BCUT2D eigenvalue weighted by Gasteiger charge is 2.27. The third-order valence-electron chi connectivity index (χ3n) is 2.15. The van der Waals surface area contributed by atoms with E-state index >= 15 is 0 Å². The minimum Gasteiger partial charge on any atom is -0.368 e. The van der Waals surface area contributed by atoms with Gasteiger partial charge in [-0.15, -0.1) is 0 Å². The molecule has 13 heavy (non-hydrogen) atoms. The summed E-state index contributed by atoms with van der Waals surface area (Å²) in [5, 5.41) is 3.17.